The van der Waals surface area contributed by atoms with E-state index in [-0.39, 0.29) is 31.4 Å². The fourth-order valence-electron chi connectivity index (χ4n) is 8.64. The molecule has 62 heavy (non-hydrogen) atoms. The van der Waals surface area contributed by atoms with Crippen LogP contribution in [-0.2, 0) is 17.8 Å². The van der Waals surface area contributed by atoms with Crippen molar-refractivity contribution in [3.63, 3.8) is 0 Å². The summed E-state index contributed by atoms with van der Waals surface area (Å²) in [5.41, 5.74) is 4.57. The monoisotopic (exact) mass is 860 g/mol. The van der Waals surface area contributed by atoms with Crippen LogP contribution in [0.1, 0.15) is 54.2 Å². The molecule has 0 radical (unpaired) electrons. The summed E-state index contributed by atoms with van der Waals surface area (Å²) in [4.78, 5) is 36.2. The lowest BCUT2D eigenvalue weighted by Crippen LogP contribution is -2.49. The topological polar surface area (TPSA) is 155 Å². The number of aromatic nitrogens is 4. The van der Waals surface area contributed by atoms with Gasteiger partial charge in [-0.05, 0) is 80.4 Å². The molecule has 2 atom stereocenters. The van der Waals surface area contributed by atoms with E-state index in [0.29, 0.717) is 62.7 Å². The van der Waals surface area contributed by atoms with Crippen molar-refractivity contribution in [2.75, 3.05) is 53.5 Å². The molecule has 0 unspecified atom stereocenters. The van der Waals surface area contributed by atoms with Crippen LogP contribution in [0.15, 0.2) is 77.6 Å². The normalized spacial score (nSPS) is 18.8. The number of furan rings is 1. The van der Waals surface area contributed by atoms with Crippen molar-refractivity contribution < 1.29 is 38.0 Å². The summed E-state index contributed by atoms with van der Waals surface area (Å²) in [6.07, 6.45) is 5.18. The highest BCUT2D eigenvalue weighted by Crippen LogP contribution is 2.49. The first-order valence-electron chi connectivity index (χ1n) is 21.1. The van der Waals surface area contributed by atoms with E-state index in [2.05, 4.69) is 31.8 Å². The van der Waals surface area contributed by atoms with Crippen LogP contribution in [-0.4, -0.2) is 107 Å². The first kappa shape index (κ1) is 41.4. The summed E-state index contributed by atoms with van der Waals surface area (Å²) in [5, 5.41) is 11.7. The number of piperazine rings is 1. The minimum absolute atomic E-state index is 0.0730. The Labute approximate surface area is 364 Å². The van der Waals surface area contributed by atoms with Crippen LogP contribution in [0.25, 0.3) is 33.6 Å². The molecule has 0 spiro atoms. The molecule has 3 aromatic carbocycles. The number of fused-ring (bicyclic) bond motifs is 7. The predicted octanol–water partition coefficient (Wildman–Crippen LogP) is 8.02. The van der Waals surface area contributed by atoms with Gasteiger partial charge in [0, 0.05) is 62.4 Å². The van der Waals surface area contributed by atoms with E-state index >= 15 is 0 Å². The predicted molar refractivity (Wildman–Crippen MR) is 233 cm³/mol. The lowest BCUT2D eigenvalue weighted by molar-refractivity contribution is -0.145. The maximum atomic E-state index is 13.2. The first-order chi connectivity index (χ1) is 30.2. The standard InChI is InChI=1S/C47H49ClN6O8/c1-28-34-13-15-38(42(28)48)60-33(24-54-20-18-53(2)19-21-54)26-58-32-12-14-36(59-25-31-16-17-49-44(52-31)35-10-6-7-11-37(35)57-3)30(22-32)23-39(47(55)56)61-45-41-40(34)43(29-8-4-5-9-29)62-46(41)51-27-50-45/h6-7,10-17,22,27,29,33,39H,4-5,8-9,18-21,23-26H2,1-3H3,(H,55,56)/t33-,39-/m1/s1. The van der Waals surface area contributed by atoms with Gasteiger partial charge in [0.15, 0.2) is 5.82 Å². The third-order valence-corrected chi connectivity index (χ3v) is 12.5. The molecule has 4 bridgehead atoms. The Bertz CT molecular complexity index is 2570. The minimum atomic E-state index is -1.39. The quantitative estimate of drug-likeness (QED) is 0.149. The number of methoxy groups -OCH3 is 1. The molecule has 0 amide bonds. The Hall–Kier alpha value is -5.96. The van der Waals surface area contributed by atoms with Crippen molar-refractivity contribution >= 4 is 28.7 Å². The van der Waals surface area contributed by atoms with Gasteiger partial charge in [0.1, 0.15) is 59.8 Å². The average molecular weight is 861 g/mol. The zero-order valence-electron chi connectivity index (χ0n) is 35.0. The summed E-state index contributed by atoms with van der Waals surface area (Å²) in [6, 6.07) is 18.6. The highest BCUT2D eigenvalue weighted by atomic mass is 35.5. The Morgan fingerprint density at radius 2 is 1.77 bits per heavy atom. The molecule has 10 rings (SSSR count). The van der Waals surface area contributed by atoms with Gasteiger partial charge in [0.05, 0.1) is 23.4 Å². The fourth-order valence-corrected chi connectivity index (χ4v) is 8.85. The number of ether oxygens (including phenoxy) is 5. The Morgan fingerprint density at radius 3 is 2.58 bits per heavy atom. The van der Waals surface area contributed by atoms with Crippen LogP contribution in [0.2, 0.25) is 5.02 Å². The molecule has 6 heterocycles. The number of hydrogen-bond donors (Lipinski definition) is 1. The van der Waals surface area contributed by atoms with Gasteiger partial charge < -0.3 is 38.1 Å². The van der Waals surface area contributed by atoms with E-state index in [4.69, 9.17) is 44.7 Å². The summed E-state index contributed by atoms with van der Waals surface area (Å²) < 4.78 is 38.3. The zero-order valence-corrected chi connectivity index (χ0v) is 35.8. The maximum absolute atomic E-state index is 13.2. The first-order valence-corrected chi connectivity index (χ1v) is 21.5. The lowest BCUT2D eigenvalue weighted by atomic mass is 9.92. The average Bonchev–Trinajstić information content (AvgIpc) is 3.97. The highest BCUT2D eigenvalue weighted by molar-refractivity contribution is 6.33. The third-order valence-electron chi connectivity index (χ3n) is 12.0. The molecule has 1 aliphatic carbocycles. The van der Waals surface area contributed by atoms with E-state index in [1.54, 1.807) is 37.6 Å². The van der Waals surface area contributed by atoms with Crippen molar-refractivity contribution in [2.24, 2.45) is 0 Å². The van der Waals surface area contributed by atoms with Crippen LogP contribution < -0.4 is 23.7 Å². The van der Waals surface area contributed by atoms with Crippen LogP contribution in [0, 0.1) is 6.92 Å². The van der Waals surface area contributed by atoms with Gasteiger partial charge in [-0.25, -0.2) is 24.7 Å². The number of carbonyl (C=O) groups is 1. The summed E-state index contributed by atoms with van der Waals surface area (Å²) in [5.74, 6) is 2.43. The SMILES string of the molecule is COc1ccccc1-c1nccc(COc2ccc3cc2C[C@H](C(=O)O)Oc2ncnc4oc(C5CCCC5)c(c24)-c2ccc(c(Cl)c2C)O[C@H](CN2CCN(C)CC2)CO3)n1. The number of carboxylic acids is 1. The fraction of sp³-hybridized carbons (Fsp3) is 0.383. The molecule has 322 valence electrons. The molecular formula is C47H49ClN6O8. The van der Waals surface area contributed by atoms with Crippen LogP contribution in [0.5, 0.6) is 28.9 Å². The van der Waals surface area contributed by atoms with Crippen molar-refractivity contribution in [1.82, 2.24) is 29.7 Å². The Morgan fingerprint density at radius 1 is 0.952 bits per heavy atom. The molecule has 2 fully saturated rings. The van der Waals surface area contributed by atoms with Gasteiger partial charge in [0.2, 0.25) is 17.7 Å². The smallest absolute Gasteiger partial charge is 0.345 e. The molecule has 15 heteroatoms. The van der Waals surface area contributed by atoms with Crippen molar-refractivity contribution in [3.05, 3.63) is 101 Å². The van der Waals surface area contributed by atoms with E-state index in [1.807, 2.05) is 43.3 Å². The molecular weight excluding hydrogens is 812 g/mol. The van der Waals surface area contributed by atoms with Crippen LogP contribution >= 0.6 is 11.6 Å². The summed E-state index contributed by atoms with van der Waals surface area (Å²) >= 11 is 7.24. The molecule has 14 nitrogen and oxygen atoms in total. The summed E-state index contributed by atoms with van der Waals surface area (Å²) in [6.45, 7) is 6.53. The second-order valence-corrected chi connectivity index (χ2v) is 16.5. The number of aliphatic carboxylic acids is 1. The largest absolute Gasteiger partial charge is 0.496 e. The number of nitrogens with zero attached hydrogens (tertiary/aromatic N) is 6. The molecule has 1 saturated carbocycles. The Kier molecular flexibility index (Phi) is 12.1. The number of carboxylic acid groups (broad SMARTS) is 1. The second-order valence-electron chi connectivity index (χ2n) is 16.2. The maximum Gasteiger partial charge on any atom is 0.345 e. The van der Waals surface area contributed by atoms with Gasteiger partial charge in [-0.2, -0.15) is 0 Å². The van der Waals surface area contributed by atoms with Crippen molar-refractivity contribution in [3.8, 4) is 51.4 Å². The molecule has 1 saturated heterocycles. The van der Waals surface area contributed by atoms with Crippen LogP contribution in [0.4, 0.5) is 0 Å². The second kappa shape index (κ2) is 18.2. The lowest BCUT2D eigenvalue weighted by Gasteiger charge is -2.34. The number of rotatable bonds is 9. The van der Waals surface area contributed by atoms with Gasteiger partial charge >= 0.3 is 5.97 Å². The number of para-hydroxylation sites is 1. The minimum Gasteiger partial charge on any atom is -0.496 e. The molecule has 6 aromatic rings. The van der Waals surface area contributed by atoms with Gasteiger partial charge in [0.25, 0.3) is 0 Å². The number of hydrogen-bond acceptors (Lipinski definition) is 13. The summed E-state index contributed by atoms with van der Waals surface area (Å²) in [7, 11) is 3.73. The molecule has 4 aliphatic rings. The molecule has 3 aliphatic heterocycles. The van der Waals surface area contributed by atoms with E-state index in [1.165, 1.54) is 6.33 Å². The third kappa shape index (κ3) is 8.72. The van der Waals surface area contributed by atoms with Gasteiger partial charge in [-0.15, -0.1) is 0 Å². The zero-order chi connectivity index (χ0) is 42.7. The number of halogens is 1. The van der Waals surface area contributed by atoms with Crippen molar-refractivity contribution in [1.29, 1.82) is 0 Å². The molecule has 3 aromatic heterocycles. The van der Waals surface area contributed by atoms with Crippen LogP contribution in [0.3, 0.4) is 0 Å². The van der Waals surface area contributed by atoms with Gasteiger partial charge in [-0.1, -0.05) is 42.6 Å². The highest BCUT2D eigenvalue weighted by Gasteiger charge is 2.33. The Balaban J connectivity index is 1.12. The molecule has 1 N–H and O–H groups in total. The number of benzene rings is 3. The van der Waals surface area contributed by atoms with E-state index in [9.17, 15) is 9.90 Å². The van der Waals surface area contributed by atoms with Gasteiger partial charge in [-0.3, -0.25) is 4.90 Å². The van der Waals surface area contributed by atoms with E-state index < -0.39 is 18.2 Å². The number of likely N-dealkylation sites (N-methyl/N-ethyl adjacent to an activating group) is 1. The van der Waals surface area contributed by atoms with Crippen molar-refractivity contribution in [2.45, 2.75) is 63.8 Å². The van der Waals surface area contributed by atoms with E-state index in [0.717, 1.165) is 79.9 Å².